The fraction of sp³-hybridized carbons (Fsp3) is 0.844. The second-order valence-corrected chi connectivity index (χ2v) is 10.2. The first-order chi connectivity index (χ1) is 16.3. The summed E-state index contributed by atoms with van der Waals surface area (Å²) in [7, 11) is 2.18. The molecule has 194 valence electrons. The Morgan fingerprint density at radius 2 is 0.788 bits per heavy atom. The highest BCUT2D eigenvalue weighted by Crippen LogP contribution is 2.14. The van der Waals surface area contributed by atoms with Crippen molar-refractivity contribution < 1.29 is 4.58 Å². The van der Waals surface area contributed by atoms with E-state index in [9.17, 15) is 0 Å². The van der Waals surface area contributed by atoms with Crippen molar-refractivity contribution >= 4 is 6.21 Å². The number of nitrogens with zero attached hydrogens (tertiary/aromatic N) is 1. The largest absolute Gasteiger partial charge is 0.243 e. The molecule has 33 heavy (non-hydrogen) atoms. The van der Waals surface area contributed by atoms with Crippen LogP contribution >= 0.6 is 0 Å². The molecule has 0 heterocycles. The molecule has 0 fully saturated rings. The average molecular weight is 461 g/mol. The molecule has 0 rings (SSSR count). The fourth-order valence-electron chi connectivity index (χ4n) is 4.34. The van der Waals surface area contributed by atoms with E-state index in [1.807, 2.05) is 0 Å². The van der Waals surface area contributed by atoms with Crippen molar-refractivity contribution in [3.63, 3.8) is 0 Å². The van der Waals surface area contributed by atoms with Gasteiger partial charge in [0.05, 0.1) is 0 Å². The molecule has 0 unspecified atom stereocenters. The van der Waals surface area contributed by atoms with Gasteiger partial charge in [0.25, 0.3) is 0 Å². The van der Waals surface area contributed by atoms with Gasteiger partial charge in [-0.2, -0.15) is 0 Å². The zero-order valence-corrected chi connectivity index (χ0v) is 23.3. The second kappa shape index (κ2) is 29.2. The molecule has 0 aromatic rings. The van der Waals surface area contributed by atoms with Crippen LogP contribution in [0.3, 0.4) is 0 Å². The molecule has 0 N–H and O–H groups in total. The standard InChI is InChI=1S/C32H62N/c1-4-6-7-8-9-10-11-12-13-14-15-16-17-18-19-20-21-22-23-24-25-26-27-28-29-30-31-32-33(3)5-2/h9-10,12-13,32H,4-8,11,14-31H2,1-3H3/q+1/b10-9-,13-12-,33-32?. The molecular formula is C32H62N+. The van der Waals surface area contributed by atoms with Gasteiger partial charge in [-0.15, -0.1) is 0 Å². The summed E-state index contributed by atoms with van der Waals surface area (Å²) in [6.07, 6.45) is 43.9. The Morgan fingerprint density at radius 3 is 1.18 bits per heavy atom. The molecule has 1 nitrogen and oxygen atoms in total. The number of allylic oxidation sites excluding steroid dienone is 4. The average Bonchev–Trinajstić information content (AvgIpc) is 2.83. The summed E-state index contributed by atoms with van der Waals surface area (Å²) in [6.45, 7) is 5.62. The Morgan fingerprint density at radius 1 is 0.424 bits per heavy atom. The van der Waals surface area contributed by atoms with Crippen molar-refractivity contribution in [3.05, 3.63) is 24.3 Å². The molecule has 0 aromatic heterocycles. The zero-order chi connectivity index (χ0) is 24.1. The van der Waals surface area contributed by atoms with Gasteiger partial charge in [0.1, 0.15) is 19.8 Å². The Bertz CT molecular complexity index is 445. The predicted octanol–water partition coefficient (Wildman–Crippen LogP) is 10.8. The summed E-state index contributed by atoms with van der Waals surface area (Å²) in [6, 6.07) is 0. The minimum atomic E-state index is 1.13. The van der Waals surface area contributed by atoms with Crippen LogP contribution in [0.1, 0.15) is 162 Å². The van der Waals surface area contributed by atoms with Crippen LogP contribution in [0.15, 0.2) is 24.3 Å². The Balaban J connectivity index is 3.13. The highest BCUT2D eigenvalue weighted by molar-refractivity contribution is 5.50. The lowest BCUT2D eigenvalue weighted by atomic mass is 10.0. The van der Waals surface area contributed by atoms with Crippen LogP contribution in [-0.4, -0.2) is 24.4 Å². The first-order valence-electron chi connectivity index (χ1n) is 15.1. The number of rotatable bonds is 26. The van der Waals surface area contributed by atoms with E-state index in [-0.39, 0.29) is 0 Å². The lowest BCUT2D eigenvalue weighted by Crippen LogP contribution is -2.05. The van der Waals surface area contributed by atoms with Crippen LogP contribution in [0.25, 0.3) is 0 Å². The normalized spacial score (nSPS) is 12.5. The quantitative estimate of drug-likeness (QED) is 0.0522. The summed E-state index contributed by atoms with van der Waals surface area (Å²) in [4.78, 5) is 0. The molecule has 1 heteroatoms. The first kappa shape index (κ1) is 32.1. The molecule has 0 radical (unpaired) electrons. The first-order valence-corrected chi connectivity index (χ1v) is 15.1. The number of hydrogen-bond acceptors (Lipinski definition) is 0. The van der Waals surface area contributed by atoms with E-state index in [1.165, 1.54) is 141 Å². The van der Waals surface area contributed by atoms with Gasteiger partial charge in [-0.3, -0.25) is 0 Å². The molecule has 0 spiro atoms. The lowest BCUT2D eigenvalue weighted by molar-refractivity contribution is -0.489. The molecule has 0 amide bonds. The maximum Gasteiger partial charge on any atom is 0.139 e. The molecule has 0 saturated carbocycles. The summed E-state index contributed by atoms with van der Waals surface area (Å²) < 4.78 is 2.30. The van der Waals surface area contributed by atoms with Gasteiger partial charge in [-0.05, 0) is 45.4 Å². The molecule has 0 saturated heterocycles. The highest BCUT2D eigenvalue weighted by atomic mass is 14.9. The zero-order valence-electron chi connectivity index (χ0n) is 23.3. The maximum absolute atomic E-state index is 2.39. The third kappa shape index (κ3) is 29.1. The molecule has 0 aliphatic heterocycles. The van der Waals surface area contributed by atoms with Crippen molar-refractivity contribution in [1.29, 1.82) is 0 Å². The van der Waals surface area contributed by atoms with E-state index >= 15 is 0 Å². The van der Waals surface area contributed by atoms with Crippen LogP contribution in [0, 0.1) is 0 Å². The minimum absolute atomic E-state index is 1.13. The summed E-state index contributed by atoms with van der Waals surface area (Å²) in [5.41, 5.74) is 0. The molecule has 0 aliphatic rings. The van der Waals surface area contributed by atoms with Crippen molar-refractivity contribution in [3.8, 4) is 0 Å². The topological polar surface area (TPSA) is 3.01 Å². The van der Waals surface area contributed by atoms with Gasteiger partial charge in [0.2, 0.25) is 0 Å². The molecule has 0 aliphatic carbocycles. The van der Waals surface area contributed by atoms with Crippen LogP contribution in [-0.2, 0) is 0 Å². The monoisotopic (exact) mass is 460 g/mol. The van der Waals surface area contributed by atoms with Gasteiger partial charge in [-0.25, -0.2) is 4.58 Å². The lowest BCUT2D eigenvalue weighted by Gasteiger charge is -2.03. The van der Waals surface area contributed by atoms with Crippen molar-refractivity contribution in [2.24, 2.45) is 0 Å². The van der Waals surface area contributed by atoms with Gasteiger partial charge in [0, 0.05) is 6.42 Å². The van der Waals surface area contributed by atoms with E-state index < -0.39 is 0 Å². The third-order valence-corrected chi connectivity index (χ3v) is 6.84. The van der Waals surface area contributed by atoms with Crippen LogP contribution in [0.5, 0.6) is 0 Å². The van der Waals surface area contributed by atoms with Gasteiger partial charge in [0.15, 0.2) is 0 Å². The van der Waals surface area contributed by atoms with E-state index in [0.717, 1.165) is 13.0 Å². The Hall–Kier alpha value is -0.850. The predicted molar refractivity (Wildman–Crippen MR) is 153 cm³/mol. The second-order valence-electron chi connectivity index (χ2n) is 10.2. The molecule has 0 bridgehead atoms. The summed E-state index contributed by atoms with van der Waals surface area (Å²) >= 11 is 0. The van der Waals surface area contributed by atoms with Gasteiger partial charge < -0.3 is 0 Å². The van der Waals surface area contributed by atoms with Crippen molar-refractivity contribution in [2.75, 3.05) is 13.6 Å². The third-order valence-electron chi connectivity index (χ3n) is 6.84. The summed E-state index contributed by atoms with van der Waals surface area (Å²) in [5.74, 6) is 0. The Kier molecular flexibility index (Phi) is 28.4. The van der Waals surface area contributed by atoms with Crippen molar-refractivity contribution in [2.45, 2.75) is 162 Å². The molecular weight excluding hydrogens is 398 g/mol. The summed E-state index contributed by atoms with van der Waals surface area (Å²) in [5, 5.41) is 0. The molecule has 0 aromatic carbocycles. The van der Waals surface area contributed by atoms with Crippen LogP contribution in [0.2, 0.25) is 0 Å². The maximum atomic E-state index is 2.39. The van der Waals surface area contributed by atoms with E-state index in [4.69, 9.17) is 0 Å². The van der Waals surface area contributed by atoms with Gasteiger partial charge in [-0.1, -0.05) is 134 Å². The van der Waals surface area contributed by atoms with Crippen LogP contribution in [0.4, 0.5) is 0 Å². The molecule has 0 atom stereocenters. The fourth-order valence-corrected chi connectivity index (χ4v) is 4.34. The highest BCUT2D eigenvalue weighted by Gasteiger charge is 1.96. The number of unbranched alkanes of at least 4 members (excludes halogenated alkanes) is 20. The van der Waals surface area contributed by atoms with Crippen LogP contribution < -0.4 is 0 Å². The van der Waals surface area contributed by atoms with E-state index in [2.05, 4.69) is 56.0 Å². The van der Waals surface area contributed by atoms with Gasteiger partial charge >= 0.3 is 0 Å². The Labute approximate surface area is 210 Å². The van der Waals surface area contributed by atoms with Crippen molar-refractivity contribution in [1.82, 2.24) is 0 Å². The number of hydrogen-bond donors (Lipinski definition) is 0. The smallest absolute Gasteiger partial charge is 0.139 e. The van der Waals surface area contributed by atoms with E-state index in [0.29, 0.717) is 0 Å². The SMILES string of the molecule is CCCCC/C=C\C/C=C\CCCCCCCCCCCCCCCCCCC=[N+](C)CC. The van der Waals surface area contributed by atoms with E-state index in [1.54, 1.807) is 0 Å². The minimum Gasteiger partial charge on any atom is -0.243 e.